The molecule has 2 aromatic carbocycles. The van der Waals surface area contributed by atoms with E-state index in [1.165, 1.54) is 0 Å². The van der Waals surface area contributed by atoms with Gasteiger partial charge in [-0.2, -0.15) is 0 Å². The van der Waals surface area contributed by atoms with Crippen LogP contribution in [0.3, 0.4) is 0 Å². The number of carbonyl (C=O) groups excluding carboxylic acids is 1. The second kappa shape index (κ2) is 7.05. The van der Waals surface area contributed by atoms with Gasteiger partial charge in [-0.3, -0.25) is 4.79 Å². The van der Waals surface area contributed by atoms with Gasteiger partial charge in [-0.15, -0.1) is 0 Å². The van der Waals surface area contributed by atoms with Crippen LogP contribution in [0.25, 0.3) is 0 Å². The van der Waals surface area contributed by atoms with Gasteiger partial charge in [0, 0.05) is 0 Å². The van der Waals surface area contributed by atoms with Crippen LogP contribution in [0.1, 0.15) is 18.1 Å². The number of esters is 1. The molecule has 2 aromatic rings. The van der Waals surface area contributed by atoms with Crippen molar-refractivity contribution in [3.05, 3.63) is 53.6 Å². The van der Waals surface area contributed by atoms with Crippen LogP contribution in [0, 0.1) is 0 Å². The van der Waals surface area contributed by atoms with Crippen molar-refractivity contribution in [3.63, 3.8) is 0 Å². The molecule has 120 valence electrons. The molecule has 3 rings (SSSR count). The highest BCUT2D eigenvalue weighted by atomic mass is 16.7. The molecule has 1 aliphatic rings. The summed E-state index contributed by atoms with van der Waals surface area (Å²) in [6.07, 6.45) is 0.233. The Hall–Kier alpha value is -2.69. The first-order chi connectivity index (χ1) is 11.2. The highest BCUT2D eigenvalue weighted by molar-refractivity contribution is 5.72. The van der Waals surface area contributed by atoms with Crippen LogP contribution in [-0.4, -0.2) is 19.4 Å². The van der Waals surface area contributed by atoms with Gasteiger partial charge in [0.05, 0.1) is 13.0 Å². The third-order valence-electron chi connectivity index (χ3n) is 3.42. The van der Waals surface area contributed by atoms with E-state index in [2.05, 4.69) is 0 Å². The van der Waals surface area contributed by atoms with E-state index >= 15 is 0 Å². The van der Waals surface area contributed by atoms with Gasteiger partial charge in [-0.25, -0.2) is 0 Å². The Morgan fingerprint density at radius 3 is 2.57 bits per heavy atom. The molecule has 23 heavy (non-hydrogen) atoms. The molecule has 0 spiro atoms. The van der Waals surface area contributed by atoms with Gasteiger partial charge in [0.2, 0.25) is 6.79 Å². The maximum Gasteiger partial charge on any atom is 0.310 e. The van der Waals surface area contributed by atoms with E-state index in [0.717, 1.165) is 22.6 Å². The van der Waals surface area contributed by atoms with Gasteiger partial charge >= 0.3 is 5.97 Å². The van der Waals surface area contributed by atoms with Crippen molar-refractivity contribution in [2.75, 3.05) is 13.4 Å². The molecular weight excluding hydrogens is 296 g/mol. The first-order valence-corrected chi connectivity index (χ1v) is 7.50. The summed E-state index contributed by atoms with van der Waals surface area (Å²) in [4.78, 5) is 11.9. The third-order valence-corrected chi connectivity index (χ3v) is 3.42. The van der Waals surface area contributed by atoms with Crippen molar-refractivity contribution in [2.24, 2.45) is 0 Å². The van der Waals surface area contributed by atoms with Gasteiger partial charge in [0.1, 0.15) is 12.4 Å². The Labute approximate surface area is 134 Å². The quantitative estimate of drug-likeness (QED) is 0.767. The lowest BCUT2D eigenvalue weighted by atomic mass is 10.1. The standard InChI is InChI=1S/C18H18O5/c1-2-20-15-6-3-13(4-7-15)10-18(19)21-11-14-5-8-16-17(9-14)23-12-22-16/h3-9H,2,10-12H2,1H3. The predicted molar refractivity (Wildman–Crippen MR) is 83.7 cm³/mol. The normalized spacial score (nSPS) is 12.0. The molecular formula is C18H18O5. The average molecular weight is 314 g/mol. The molecule has 0 saturated carbocycles. The van der Waals surface area contributed by atoms with Crippen molar-refractivity contribution >= 4 is 5.97 Å². The van der Waals surface area contributed by atoms with Crippen LogP contribution < -0.4 is 14.2 Å². The highest BCUT2D eigenvalue weighted by Crippen LogP contribution is 2.32. The number of hydrogen-bond donors (Lipinski definition) is 0. The Balaban J connectivity index is 1.51. The van der Waals surface area contributed by atoms with E-state index in [9.17, 15) is 4.79 Å². The molecule has 0 atom stereocenters. The number of fused-ring (bicyclic) bond motifs is 1. The van der Waals surface area contributed by atoms with Crippen LogP contribution in [0.5, 0.6) is 17.2 Å². The molecule has 0 radical (unpaired) electrons. The summed E-state index contributed by atoms with van der Waals surface area (Å²) in [5, 5.41) is 0. The van der Waals surface area contributed by atoms with Crippen molar-refractivity contribution < 1.29 is 23.7 Å². The van der Waals surface area contributed by atoms with Gasteiger partial charge in [0.25, 0.3) is 0 Å². The van der Waals surface area contributed by atoms with Crippen LogP contribution >= 0.6 is 0 Å². The second-order valence-corrected chi connectivity index (χ2v) is 5.10. The SMILES string of the molecule is CCOc1ccc(CC(=O)OCc2ccc3c(c2)OCO3)cc1. The summed E-state index contributed by atoms with van der Waals surface area (Å²) in [6.45, 7) is 3.00. The summed E-state index contributed by atoms with van der Waals surface area (Å²) in [5.41, 5.74) is 1.76. The summed E-state index contributed by atoms with van der Waals surface area (Å²) in [5.74, 6) is 1.93. The number of rotatable bonds is 6. The highest BCUT2D eigenvalue weighted by Gasteiger charge is 2.14. The van der Waals surface area contributed by atoms with Gasteiger partial charge in [0.15, 0.2) is 11.5 Å². The largest absolute Gasteiger partial charge is 0.494 e. The van der Waals surface area contributed by atoms with Crippen LogP contribution in [0.2, 0.25) is 0 Å². The molecule has 5 nitrogen and oxygen atoms in total. The van der Waals surface area contributed by atoms with Crippen molar-refractivity contribution in [3.8, 4) is 17.2 Å². The van der Waals surface area contributed by atoms with Gasteiger partial charge < -0.3 is 18.9 Å². The molecule has 1 aliphatic heterocycles. The summed E-state index contributed by atoms with van der Waals surface area (Å²) >= 11 is 0. The number of hydrogen-bond acceptors (Lipinski definition) is 5. The predicted octanol–water partition coefficient (Wildman–Crippen LogP) is 3.10. The molecule has 0 unspecified atom stereocenters. The van der Waals surface area contributed by atoms with Crippen LogP contribution in [-0.2, 0) is 22.6 Å². The van der Waals surface area contributed by atoms with Gasteiger partial charge in [-0.1, -0.05) is 18.2 Å². The zero-order valence-corrected chi connectivity index (χ0v) is 12.9. The number of ether oxygens (including phenoxy) is 4. The number of carbonyl (C=O) groups is 1. The average Bonchev–Trinajstić information content (AvgIpc) is 3.03. The molecule has 0 amide bonds. The fraction of sp³-hybridized carbons (Fsp3) is 0.278. The second-order valence-electron chi connectivity index (χ2n) is 5.10. The molecule has 0 bridgehead atoms. The van der Waals surface area contributed by atoms with Crippen LogP contribution in [0.4, 0.5) is 0 Å². The Morgan fingerprint density at radius 1 is 1.04 bits per heavy atom. The third kappa shape index (κ3) is 3.94. The lowest BCUT2D eigenvalue weighted by Crippen LogP contribution is -2.08. The van der Waals surface area contributed by atoms with E-state index in [1.54, 1.807) is 0 Å². The molecule has 0 fully saturated rings. The summed E-state index contributed by atoms with van der Waals surface area (Å²) in [7, 11) is 0. The topological polar surface area (TPSA) is 54.0 Å². The monoisotopic (exact) mass is 314 g/mol. The Morgan fingerprint density at radius 2 is 1.78 bits per heavy atom. The molecule has 0 aromatic heterocycles. The maximum absolute atomic E-state index is 11.9. The first kappa shape index (κ1) is 15.2. The van der Waals surface area contributed by atoms with Crippen molar-refractivity contribution in [1.82, 2.24) is 0 Å². The van der Waals surface area contributed by atoms with Crippen molar-refractivity contribution in [1.29, 1.82) is 0 Å². The maximum atomic E-state index is 11.9. The van der Waals surface area contributed by atoms with E-state index in [0.29, 0.717) is 12.4 Å². The Bertz CT molecular complexity index is 678. The molecule has 0 saturated heterocycles. The fourth-order valence-corrected chi connectivity index (χ4v) is 2.28. The molecule has 1 heterocycles. The lowest BCUT2D eigenvalue weighted by Gasteiger charge is -2.07. The minimum absolute atomic E-state index is 0.215. The summed E-state index contributed by atoms with van der Waals surface area (Å²) in [6, 6.07) is 12.9. The fourth-order valence-electron chi connectivity index (χ4n) is 2.28. The van der Waals surface area contributed by atoms with E-state index in [-0.39, 0.29) is 25.8 Å². The van der Waals surface area contributed by atoms with Gasteiger partial charge in [-0.05, 0) is 42.3 Å². The molecule has 0 N–H and O–H groups in total. The number of benzene rings is 2. The smallest absolute Gasteiger partial charge is 0.310 e. The zero-order chi connectivity index (χ0) is 16.1. The zero-order valence-electron chi connectivity index (χ0n) is 12.9. The van der Waals surface area contributed by atoms with Crippen molar-refractivity contribution in [2.45, 2.75) is 20.0 Å². The molecule has 0 aliphatic carbocycles. The molecule has 5 heteroatoms. The Kier molecular flexibility index (Phi) is 4.66. The lowest BCUT2D eigenvalue weighted by molar-refractivity contribution is -0.144. The van der Waals surface area contributed by atoms with E-state index in [4.69, 9.17) is 18.9 Å². The van der Waals surface area contributed by atoms with Crippen LogP contribution in [0.15, 0.2) is 42.5 Å². The summed E-state index contributed by atoms with van der Waals surface area (Å²) < 4.78 is 21.2. The van der Waals surface area contributed by atoms with E-state index < -0.39 is 0 Å². The minimum atomic E-state index is -0.271. The van der Waals surface area contributed by atoms with E-state index in [1.807, 2.05) is 49.4 Å². The first-order valence-electron chi connectivity index (χ1n) is 7.50. The minimum Gasteiger partial charge on any atom is -0.494 e.